The molecule has 0 radical (unpaired) electrons. The van der Waals surface area contributed by atoms with E-state index in [0.29, 0.717) is 11.6 Å². The molecular weight excluding hydrogens is 399 g/mol. The Kier molecular flexibility index (Phi) is 6.04. The fraction of sp³-hybridized carbons (Fsp3) is 0.214. The van der Waals surface area contributed by atoms with Crippen LogP contribution in [-0.4, -0.2) is 18.2 Å². The third-order valence-electron chi connectivity index (χ3n) is 5.68. The normalized spacial score (nSPS) is 13.2. The topological polar surface area (TPSA) is 38.4 Å². The van der Waals surface area contributed by atoms with Gasteiger partial charge in [-0.15, -0.1) is 0 Å². The fourth-order valence-electron chi connectivity index (χ4n) is 3.94. The van der Waals surface area contributed by atoms with E-state index >= 15 is 0 Å². The average Bonchev–Trinajstić information content (AvgIpc) is 3.14. The quantitative estimate of drug-likeness (QED) is 0.242. The Morgan fingerprint density at radius 1 is 1.00 bits per heavy atom. The van der Waals surface area contributed by atoms with Crippen molar-refractivity contribution in [3.8, 4) is 0 Å². The van der Waals surface area contributed by atoms with Crippen LogP contribution >= 0.6 is 0 Å². The largest absolute Gasteiger partial charge is 0.437 e. The van der Waals surface area contributed by atoms with Crippen molar-refractivity contribution in [2.45, 2.75) is 33.6 Å². The van der Waals surface area contributed by atoms with E-state index < -0.39 is 0 Å². The Morgan fingerprint density at radius 2 is 1.72 bits per heavy atom. The molecule has 0 aliphatic rings. The molecule has 0 aliphatic heterocycles. The van der Waals surface area contributed by atoms with Gasteiger partial charge >= 0.3 is 0 Å². The summed E-state index contributed by atoms with van der Waals surface area (Å²) < 4.78 is 19.6. The highest BCUT2D eigenvalue weighted by molar-refractivity contribution is 6.11. The van der Waals surface area contributed by atoms with Gasteiger partial charge < -0.3 is 4.42 Å². The predicted molar refractivity (Wildman–Crippen MR) is 133 cm³/mol. The van der Waals surface area contributed by atoms with Crippen LogP contribution in [0.5, 0.6) is 0 Å². The van der Waals surface area contributed by atoms with Crippen LogP contribution in [0.1, 0.15) is 49.1 Å². The molecule has 162 valence electrons. The Hall–Kier alpha value is -3.53. The second-order valence-electron chi connectivity index (χ2n) is 8.35. The van der Waals surface area contributed by atoms with Crippen LogP contribution in [0.4, 0.5) is 4.39 Å². The number of aryl methyl sites for hydroxylation is 1. The molecule has 4 heteroatoms. The van der Waals surface area contributed by atoms with Crippen molar-refractivity contribution in [3.63, 3.8) is 0 Å². The number of nitrogens with zero attached hydrogens (tertiary/aromatic N) is 2. The zero-order valence-corrected chi connectivity index (χ0v) is 19.1. The highest BCUT2D eigenvalue weighted by atomic mass is 19.1. The zero-order chi connectivity index (χ0) is 22.8. The molecule has 0 unspecified atom stereocenters. The van der Waals surface area contributed by atoms with E-state index in [0.717, 1.165) is 49.9 Å². The van der Waals surface area contributed by atoms with Gasteiger partial charge in [0.1, 0.15) is 11.4 Å². The number of halogens is 1. The summed E-state index contributed by atoms with van der Waals surface area (Å²) in [5.41, 5.74) is 7.63. The smallest absolute Gasteiger partial charge is 0.227 e. The lowest BCUT2D eigenvalue weighted by atomic mass is 9.97. The van der Waals surface area contributed by atoms with Crippen LogP contribution in [0.25, 0.3) is 33.2 Å². The van der Waals surface area contributed by atoms with Gasteiger partial charge in [-0.2, -0.15) is 0 Å². The van der Waals surface area contributed by atoms with Crippen LogP contribution in [0.15, 0.2) is 70.1 Å². The monoisotopic (exact) mass is 426 g/mol. The van der Waals surface area contributed by atoms with Gasteiger partial charge in [-0.3, -0.25) is 4.99 Å². The number of allylic oxidation sites excluding steroid dienone is 4. The van der Waals surface area contributed by atoms with Crippen molar-refractivity contribution in [1.29, 1.82) is 0 Å². The molecule has 2 aromatic heterocycles. The van der Waals surface area contributed by atoms with Gasteiger partial charge in [-0.25, -0.2) is 9.37 Å². The molecule has 0 atom stereocenters. The molecule has 0 saturated heterocycles. The molecule has 0 fully saturated rings. The number of pyridine rings is 1. The molecule has 4 rings (SSSR count). The van der Waals surface area contributed by atoms with Crippen molar-refractivity contribution in [3.05, 3.63) is 88.9 Å². The molecule has 32 heavy (non-hydrogen) atoms. The SMILES string of the molecule is C/N=C/C(=C\C=C(/C)c1c(C)ccc2c1oc1nc(C(C)C)ccc12)c1ccc(F)cc1. The highest BCUT2D eigenvalue weighted by Gasteiger charge is 2.16. The lowest BCUT2D eigenvalue weighted by molar-refractivity contribution is 0.627. The van der Waals surface area contributed by atoms with Gasteiger partial charge in [0.2, 0.25) is 5.71 Å². The molecule has 3 nitrogen and oxygen atoms in total. The maximum Gasteiger partial charge on any atom is 0.227 e. The predicted octanol–water partition coefficient (Wildman–Crippen LogP) is 7.74. The zero-order valence-electron chi connectivity index (χ0n) is 19.1. The van der Waals surface area contributed by atoms with E-state index in [1.165, 1.54) is 12.1 Å². The van der Waals surface area contributed by atoms with Gasteiger partial charge in [0.05, 0.1) is 0 Å². The highest BCUT2D eigenvalue weighted by Crippen LogP contribution is 2.35. The summed E-state index contributed by atoms with van der Waals surface area (Å²) in [4.78, 5) is 8.90. The van der Waals surface area contributed by atoms with Crippen molar-refractivity contribution in [2.24, 2.45) is 4.99 Å². The van der Waals surface area contributed by atoms with Crippen LogP contribution in [0, 0.1) is 12.7 Å². The van der Waals surface area contributed by atoms with Crippen LogP contribution in [0.3, 0.4) is 0 Å². The maximum absolute atomic E-state index is 13.3. The fourth-order valence-corrected chi connectivity index (χ4v) is 3.94. The number of benzene rings is 2. The molecule has 0 saturated carbocycles. The van der Waals surface area contributed by atoms with E-state index in [1.807, 2.05) is 6.08 Å². The summed E-state index contributed by atoms with van der Waals surface area (Å²) in [5, 5.41) is 2.09. The number of aromatic nitrogens is 1. The number of furan rings is 1. The molecule has 2 aromatic carbocycles. The number of rotatable bonds is 5. The number of aliphatic imine (C=N–C) groups is 1. The van der Waals surface area contributed by atoms with Gasteiger partial charge in [0.15, 0.2) is 0 Å². The summed E-state index contributed by atoms with van der Waals surface area (Å²) in [6, 6.07) is 14.8. The minimum atomic E-state index is -0.255. The first-order valence-electron chi connectivity index (χ1n) is 10.8. The molecule has 0 bridgehead atoms. The van der Waals surface area contributed by atoms with Gasteiger partial charge in [-0.1, -0.05) is 50.3 Å². The Balaban J connectivity index is 1.84. The van der Waals surface area contributed by atoms with E-state index in [1.54, 1.807) is 25.4 Å². The van der Waals surface area contributed by atoms with Crippen molar-refractivity contribution >= 4 is 39.4 Å². The van der Waals surface area contributed by atoms with Gasteiger partial charge in [0, 0.05) is 35.3 Å². The van der Waals surface area contributed by atoms with Crippen LogP contribution in [0.2, 0.25) is 0 Å². The molecule has 0 aliphatic carbocycles. The van der Waals surface area contributed by atoms with Crippen LogP contribution in [-0.2, 0) is 0 Å². The van der Waals surface area contributed by atoms with E-state index in [2.05, 4.69) is 63.0 Å². The number of hydrogen-bond donors (Lipinski definition) is 0. The molecule has 0 N–H and O–H groups in total. The van der Waals surface area contributed by atoms with Crippen molar-refractivity contribution < 1.29 is 8.81 Å². The van der Waals surface area contributed by atoms with Crippen molar-refractivity contribution in [1.82, 2.24) is 4.98 Å². The molecule has 4 aromatic rings. The summed E-state index contributed by atoms with van der Waals surface area (Å²) in [5.74, 6) is 0.0837. The minimum Gasteiger partial charge on any atom is -0.437 e. The lowest BCUT2D eigenvalue weighted by Gasteiger charge is -2.07. The number of hydrogen-bond acceptors (Lipinski definition) is 3. The van der Waals surface area contributed by atoms with Gasteiger partial charge in [0.25, 0.3) is 0 Å². The third-order valence-corrected chi connectivity index (χ3v) is 5.68. The molecule has 2 heterocycles. The summed E-state index contributed by atoms with van der Waals surface area (Å²) in [6.07, 6.45) is 5.84. The van der Waals surface area contributed by atoms with E-state index in [-0.39, 0.29) is 5.82 Å². The van der Waals surface area contributed by atoms with Crippen LogP contribution < -0.4 is 0 Å². The summed E-state index contributed by atoms with van der Waals surface area (Å²) >= 11 is 0. The minimum absolute atomic E-state index is 0.255. The standard InChI is InChI=1S/C28H27FN2O/c1-17(2)25-15-14-24-23-13-7-19(4)26(27(23)32-28(24)31-25)18(3)6-8-21(16-30-5)20-9-11-22(29)12-10-20/h6-17H,1-5H3/b18-6+,21-8+,30-16+. The summed E-state index contributed by atoms with van der Waals surface area (Å²) in [7, 11) is 1.73. The molecular formula is C28H27FN2O. The second kappa shape index (κ2) is 8.91. The Bertz CT molecular complexity index is 1370. The van der Waals surface area contributed by atoms with Gasteiger partial charge in [-0.05, 0) is 66.3 Å². The number of fused-ring (bicyclic) bond motifs is 3. The first-order valence-corrected chi connectivity index (χ1v) is 10.8. The summed E-state index contributed by atoms with van der Waals surface area (Å²) in [6.45, 7) is 8.42. The van der Waals surface area contributed by atoms with Crippen molar-refractivity contribution in [2.75, 3.05) is 7.05 Å². The lowest BCUT2D eigenvalue weighted by Crippen LogP contribution is -1.90. The molecule has 0 amide bonds. The third kappa shape index (κ3) is 4.13. The first-order chi connectivity index (χ1) is 15.4. The average molecular weight is 427 g/mol. The van der Waals surface area contributed by atoms with E-state index in [9.17, 15) is 4.39 Å². The first kappa shape index (κ1) is 21.7. The maximum atomic E-state index is 13.3. The molecule has 0 spiro atoms. The van der Waals surface area contributed by atoms with E-state index in [4.69, 9.17) is 9.40 Å². The Labute approximate surface area is 188 Å². The second-order valence-corrected chi connectivity index (χ2v) is 8.35. The Morgan fingerprint density at radius 3 is 2.41 bits per heavy atom.